The first-order valence-corrected chi connectivity index (χ1v) is 9.61. The lowest BCUT2D eigenvalue weighted by atomic mass is 9.97. The summed E-state index contributed by atoms with van der Waals surface area (Å²) in [4.78, 5) is 4.61. The molecule has 1 aromatic heterocycles. The van der Waals surface area contributed by atoms with Crippen molar-refractivity contribution in [2.75, 3.05) is 11.9 Å². The van der Waals surface area contributed by atoms with E-state index in [4.69, 9.17) is 0 Å². The van der Waals surface area contributed by atoms with Crippen LogP contribution in [0.4, 0.5) is 5.82 Å². The van der Waals surface area contributed by atoms with Crippen LogP contribution in [0.1, 0.15) is 23.6 Å². The summed E-state index contributed by atoms with van der Waals surface area (Å²) < 4.78 is 0. The molecule has 1 heterocycles. The standard InChI is InChI=1S/C22H18N4S/c1-2-25-21-18(13-23)20(17-11-7-4-8-12-17)19(14-24)22(26-21)27-15-16-9-5-3-6-10-16/h3-12H,2,15H2,1H3,(H,25,26). The highest BCUT2D eigenvalue weighted by molar-refractivity contribution is 7.98. The minimum atomic E-state index is 0.406. The number of pyridine rings is 1. The fraction of sp³-hybridized carbons (Fsp3) is 0.136. The highest BCUT2D eigenvalue weighted by atomic mass is 32.2. The van der Waals surface area contributed by atoms with Gasteiger partial charge in [0.25, 0.3) is 0 Å². The first-order chi connectivity index (χ1) is 13.3. The van der Waals surface area contributed by atoms with Gasteiger partial charge in [-0.2, -0.15) is 10.5 Å². The summed E-state index contributed by atoms with van der Waals surface area (Å²) in [5.74, 6) is 1.22. The molecule has 4 nitrogen and oxygen atoms in total. The second kappa shape index (κ2) is 8.89. The normalized spacial score (nSPS) is 10.0. The molecule has 0 saturated carbocycles. The molecule has 0 amide bonds. The van der Waals surface area contributed by atoms with Crippen molar-refractivity contribution in [2.45, 2.75) is 17.7 Å². The lowest BCUT2D eigenvalue weighted by molar-refractivity contribution is 1.06. The van der Waals surface area contributed by atoms with Crippen LogP contribution in [-0.4, -0.2) is 11.5 Å². The van der Waals surface area contributed by atoms with Gasteiger partial charge in [-0.25, -0.2) is 4.98 Å². The summed E-state index contributed by atoms with van der Waals surface area (Å²) in [6.45, 7) is 2.60. The number of nitriles is 2. The molecule has 0 atom stereocenters. The lowest BCUT2D eigenvalue weighted by Gasteiger charge is -2.15. The SMILES string of the molecule is CCNc1nc(SCc2ccccc2)c(C#N)c(-c2ccccc2)c1C#N. The molecule has 27 heavy (non-hydrogen) atoms. The average Bonchev–Trinajstić information content (AvgIpc) is 2.73. The number of anilines is 1. The van der Waals surface area contributed by atoms with Crippen molar-refractivity contribution >= 4 is 17.6 Å². The second-order valence-electron chi connectivity index (χ2n) is 5.78. The monoisotopic (exact) mass is 370 g/mol. The van der Waals surface area contributed by atoms with Crippen LogP contribution in [0.5, 0.6) is 0 Å². The van der Waals surface area contributed by atoms with Gasteiger partial charge in [0.2, 0.25) is 0 Å². The van der Waals surface area contributed by atoms with Gasteiger partial charge in [-0.05, 0) is 18.1 Å². The molecule has 0 bridgehead atoms. The Morgan fingerprint density at radius 1 is 0.926 bits per heavy atom. The molecule has 0 saturated heterocycles. The van der Waals surface area contributed by atoms with E-state index in [2.05, 4.69) is 22.4 Å². The minimum absolute atomic E-state index is 0.406. The Labute approximate surface area is 163 Å². The van der Waals surface area contributed by atoms with Gasteiger partial charge in [-0.3, -0.25) is 0 Å². The van der Waals surface area contributed by atoms with Crippen LogP contribution >= 0.6 is 11.8 Å². The van der Waals surface area contributed by atoms with Crippen molar-refractivity contribution in [2.24, 2.45) is 0 Å². The van der Waals surface area contributed by atoms with E-state index >= 15 is 0 Å². The maximum absolute atomic E-state index is 9.87. The van der Waals surface area contributed by atoms with Crippen LogP contribution in [0.2, 0.25) is 0 Å². The summed E-state index contributed by atoms with van der Waals surface area (Å²) in [6, 6.07) is 24.1. The van der Waals surface area contributed by atoms with E-state index in [0.29, 0.717) is 39.8 Å². The van der Waals surface area contributed by atoms with E-state index in [1.54, 1.807) is 0 Å². The number of hydrogen-bond donors (Lipinski definition) is 1. The molecule has 0 radical (unpaired) electrons. The van der Waals surface area contributed by atoms with E-state index in [1.165, 1.54) is 11.8 Å². The third-order valence-electron chi connectivity index (χ3n) is 4.01. The smallest absolute Gasteiger partial charge is 0.146 e. The predicted molar refractivity (Wildman–Crippen MR) is 109 cm³/mol. The van der Waals surface area contributed by atoms with Crippen molar-refractivity contribution in [3.8, 4) is 23.3 Å². The van der Waals surface area contributed by atoms with Gasteiger partial charge in [0, 0.05) is 17.9 Å². The number of rotatable bonds is 6. The fourth-order valence-electron chi connectivity index (χ4n) is 2.80. The highest BCUT2D eigenvalue weighted by Gasteiger charge is 2.21. The van der Waals surface area contributed by atoms with Gasteiger partial charge >= 0.3 is 0 Å². The molecule has 0 fully saturated rings. The minimum Gasteiger partial charge on any atom is -0.369 e. The molecule has 0 aliphatic carbocycles. The van der Waals surface area contributed by atoms with Gasteiger partial charge in [0.15, 0.2) is 0 Å². The van der Waals surface area contributed by atoms with E-state index < -0.39 is 0 Å². The van der Waals surface area contributed by atoms with Crippen LogP contribution in [0.15, 0.2) is 65.7 Å². The summed E-state index contributed by atoms with van der Waals surface area (Å²) in [6.07, 6.45) is 0. The quantitative estimate of drug-likeness (QED) is 0.603. The zero-order valence-corrected chi connectivity index (χ0v) is 15.8. The number of nitrogens with zero attached hydrogens (tertiary/aromatic N) is 3. The van der Waals surface area contributed by atoms with Crippen LogP contribution in [0.3, 0.4) is 0 Å². The first kappa shape index (κ1) is 18.5. The molecule has 2 aromatic carbocycles. The van der Waals surface area contributed by atoms with Crippen molar-refractivity contribution in [1.82, 2.24) is 4.98 Å². The molecule has 0 spiro atoms. The maximum Gasteiger partial charge on any atom is 0.146 e. The van der Waals surface area contributed by atoms with Crippen molar-refractivity contribution in [1.29, 1.82) is 10.5 Å². The predicted octanol–water partition coefficient (Wildman–Crippen LogP) is 5.22. The maximum atomic E-state index is 9.87. The Balaban J connectivity index is 2.14. The molecule has 3 aromatic rings. The Kier molecular flexibility index (Phi) is 6.10. The third kappa shape index (κ3) is 4.11. The van der Waals surface area contributed by atoms with Gasteiger partial charge in [-0.15, -0.1) is 11.8 Å². The Hall–Kier alpha value is -3.28. The second-order valence-corrected chi connectivity index (χ2v) is 6.75. The Morgan fingerprint density at radius 2 is 1.56 bits per heavy atom. The lowest BCUT2D eigenvalue weighted by Crippen LogP contribution is -2.07. The average molecular weight is 370 g/mol. The van der Waals surface area contributed by atoms with E-state index in [1.807, 2.05) is 67.6 Å². The number of thioether (sulfide) groups is 1. The van der Waals surface area contributed by atoms with E-state index in [-0.39, 0.29) is 0 Å². The van der Waals surface area contributed by atoms with Crippen LogP contribution < -0.4 is 5.32 Å². The molecule has 5 heteroatoms. The third-order valence-corrected chi connectivity index (χ3v) is 5.06. The molecule has 1 N–H and O–H groups in total. The zero-order valence-electron chi connectivity index (χ0n) is 14.9. The van der Waals surface area contributed by atoms with Crippen LogP contribution in [0, 0.1) is 22.7 Å². The van der Waals surface area contributed by atoms with Crippen molar-refractivity contribution < 1.29 is 0 Å². The summed E-state index contributed by atoms with van der Waals surface area (Å²) in [5, 5.41) is 23.4. The van der Waals surface area contributed by atoms with Crippen LogP contribution in [0.25, 0.3) is 11.1 Å². The number of aromatic nitrogens is 1. The molecule has 0 unspecified atom stereocenters. The van der Waals surface area contributed by atoms with Crippen molar-refractivity contribution in [3.05, 3.63) is 77.4 Å². The first-order valence-electron chi connectivity index (χ1n) is 8.62. The van der Waals surface area contributed by atoms with E-state index in [9.17, 15) is 10.5 Å². The molecule has 3 rings (SSSR count). The van der Waals surface area contributed by atoms with Crippen molar-refractivity contribution in [3.63, 3.8) is 0 Å². The number of hydrogen-bond acceptors (Lipinski definition) is 5. The molecular formula is C22H18N4S. The molecular weight excluding hydrogens is 352 g/mol. The van der Waals surface area contributed by atoms with E-state index in [0.717, 1.165) is 11.1 Å². The Morgan fingerprint density at radius 3 is 2.15 bits per heavy atom. The summed E-state index contributed by atoms with van der Waals surface area (Å²) >= 11 is 1.51. The fourth-order valence-corrected chi connectivity index (χ4v) is 3.74. The van der Waals surface area contributed by atoms with Gasteiger partial charge in [0.1, 0.15) is 28.5 Å². The van der Waals surface area contributed by atoms with Crippen LogP contribution in [-0.2, 0) is 5.75 Å². The van der Waals surface area contributed by atoms with Gasteiger partial charge in [0.05, 0.1) is 5.56 Å². The molecule has 132 valence electrons. The largest absolute Gasteiger partial charge is 0.369 e. The number of benzene rings is 2. The molecule has 0 aliphatic rings. The van der Waals surface area contributed by atoms with Gasteiger partial charge in [-0.1, -0.05) is 60.7 Å². The highest BCUT2D eigenvalue weighted by Crippen LogP contribution is 2.37. The van der Waals surface area contributed by atoms with Gasteiger partial charge < -0.3 is 5.32 Å². The summed E-state index contributed by atoms with van der Waals surface area (Å²) in [5.41, 5.74) is 3.49. The topological polar surface area (TPSA) is 72.5 Å². The Bertz CT molecular complexity index is 1000. The summed E-state index contributed by atoms with van der Waals surface area (Å²) in [7, 11) is 0. The zero-order chi connectivity index (χ0) is 19.1. The molecule has 0 aliphatic heterocycles. The number of nitrogens with one attached hydrogen (secondary N) is 1.